The molecule has 8 heteroatoms. The highest BCUT2D eigenvalue weighted by Crippen LogP contribution is 2.34. The zero-order chi connectivity index (χ0) is 21.1. The maximum absolute atomic E-state index is 12.6. The van der Waals surface area contributed by atoms with Gasteiger partial charge in [-0.3, -0.25) is 14.5 Å². The summed E-state index contributed by atoms with van der Waals surface area (Å²) >= 11 is 6.18. The van der Waals surface area contributed by atoms with E-state index >= 15 is 0 Å². The van der Waals surface area contributed by atoms with Gasteiger partial charge in [0.25, 0.3) is 0 Å². The Kier molecular flexibility index (Phi) is 6.70. The van der Waals surface area contributed by atoms with Crippen LogP contribution in [0, 0.1) is 0 Å². The molecule has 0 saturated carbocycles. The van der Waals surface area contributed by atoms with Gasteiger partial charge in [-0.2, -0.15) is 0 Å². The molecule has 2 aliphatic heterocycles. The van der Waals surface area contributed by atoms with E-state index in [1.165, 1.54) is 12.1 Å². The lowest BCUT2D eigenvalue weighted by Crippen LogP contribution is -2.64. The molecule has 2 aliphatic rings. The Balaban J connectivity index is 1.47. The van der Waals surface area contributed by atoms with Gasteiger partial charge in [-0.05, 0) is 23.6 Å². The van der Waals surface area contributed by atoms with Crippen molar-refractivity contribution in [3.05, 3.63) is 35.4 Å². The van der Waals surface area contributed by atoms with Crippen LogP contribution in [0.5, 0.6) is 5.75 Å². The summed E-state index contributed by atoms with van der Waals surface area (Å²) in [5, 5.41) is 13.7. The second-order valence-electron chi connectivity index (χ2n) is 7.92. The van der Waals surface area contributed by atoms with Gasteiger partial charge in [0.2, 0.25) is 11.8 Å². The number of anilines is 1. The Morgan fingerprint density at radius 3 is 2.48 bits per heavy atom. The van der Waals surface area contributed by atoms with E-state index in [9.17, 15) is 14.7 Å². The molecule has 0 unspecified atom stereocenters. The van der Waals surface area contributed by atoms with Crippen LogP contribution in [0.1, 0.15) is 25.3 Å². The SMILES string of the molecule is C=CC(=O)N1CC(N2CCN(C(=O)CNc3cc(C(C)C)c(Cl)cc3O)CC2)C1. The molecule has 1 aromatic carbocycles. The second kappa shape index (κ2) is 9.05. The summed E-state index contributed by atoms with van der Waals surface area (Å²) in [5.74, 6) is 0.242. The number of rotatable bonds is 6. The number of nitrogens with one attached hydrogen (secondary N) is 1. The molecule has 0 aliphatic carbocycles. The Morgan fingerprint density at radius 1 is 1.24 bits per heavy atom. The quantitative estimate of drug-likeness (QED) is 0.544. The molecule has 3 rings (SSSR count). The molecule has 0 atom stereocenters. The van der Waals surface area contributed by atoms with Gasteiger partial charge < -0.3 is 20.2 Å². The number of halogens is 1. The minimum Gasteiger partial charge on any atom is -0.506 e. The van der Waals surface area contributed by atoms with Crippen molar-refractivity contribution in [3.8, 4) is 5.75 Å². The first-order valence-corrected chi connectivity index (χ1v) is 10.4. The number of hydrogen-bond acceptors (Lipinski definition) is 5. The number of aromatic hydroxyl groups is 1. The number of piperazine rings is 1. The van der Waals surface area contributed by atoms with Gasteiger partial charge in [0.15, 0.2) is 0 Å². The molecule has 158 valence electrons. The van der Waals surface area contributed by atoms with Crippen molar-refractivity contribution in [1.29, 1.82) is 0 Å². The van der Waals surface area contributed by atoms with Crippen molar-refractivity contribution in [2.75, 3.05) is 51.1 Å². The molecule has 7 nitrogen and oxygen atoms in total. The first-order chi connectivity index (χ1) is 13.8. The zero-order valence-electron chi connectivity index (χ0n) is 17.0. The van der Waals surface area contributed by atoms with Crippen molar-refractivity contribution in [3.63, 3.8) is 0 Å². The van der Waals surface area contributed by atoms with E-state index < -0.39 is 0 Å². The third-order valence-corrected chi connectivity index (χ3v) is 6.03. The summed E-state index contributed by atoms with van der Waals surface area (Å²) in [6.07, 6.45) is 1.35. The normalized spacial score (nSPS) is 17.9. The number of phenolic OH excluding ortho intramolecular Hbond substituents is 1. The summed E-state index contributed by atoms with van der Waals surface area (Å²) in [4.78, 5) is 30.1. The molecule has 2 saturated heterocycles. The lowest BCUT2D eigenvalue weighted by atomic mass is 10.0. The number of amides is 2. The van der Waals surface area contributed by atoms with Gasteiger partial charge in [0, 0.05) is 56.4 Å². The molecule has 0 aromatic heterocycles. The van der Waals surface area contributed by atoms with E-state index in [-0.39, 0.29) is 30.0 Å². The highest BCUT2D eigenvalue weighted by atomic mass is 35.5. The summed E-state index contributed by atoms with van der Waals surface area (Å²) in [6, 6.07) is 3.69. The van der Waals surface area contributed by atoms with Crippen molar-refractivity contribution < 1.29 is 14.7 Å². The third-order valence-electron chi connectivity index (χ3n) is 5.70. The van der Waals surface area contributed by atoms with Gasteiger partial charge in [0.05, 0.1) is 12.2 Å². The number of phenols is 1. The molecular weight excluding hydrogens is 392 g/mol. The van der Waals surface area contributed by atoms with Crippen molar-refractivity contribution in [1.82, 2.24) is 14.7 Å². The van der Waals surface area contributed by atoms with Crippen LogP contribution < -0.4 is 5.32 Å². The highest BCUT2D eigenvalue weighted by molar-refractivity contribution is 6.31. The number of nitrogens with zero attached hydrogens (tertiary/aromatic N) is 3. The molecule has 2 fully saturated rings. The first-order valence-electron chi connectivity index (χ1n) is 9.99. The maximum Gasteiger partial charge on any atom is 0.246 e. The summed E-state index contributed by atoms with van der Waals surface area (Å²) < 4.78 is 0. The Labute approximate surface area is 176 Å². The fourth-order valence-corrected chi connectivity index (χ4v) is 4.15. The molecule has 29 heavy (non-hydrogen) atoms. The summed E-state index contributed by atoms with van der Waals surface area (Å²) in [6.45, 7) is 12.1. The zero-order valence-corrected chi connectivity index (χ0v) is 17.8. The first kappa shape index (κ1) is 21.5. The molecule has 1 aromatic rings. The minimum atomic E-state index is -0.0211. The smallest absolute Gasteiger partial charge is 0.246 e. The molecule has 0 bridgehead atoms. The molecule has 2 N–H and O–H groups in total. The van der Waals surface area contributed by atoms with Crippen LogP contribution in [0.15, 0.2) is 24.8 Å². The fraction of sp³-hybridized carbons (Fsp3) is 0.524. The van der Waals surface area contributed by atoms with Crippen LogP contribution in [0.4, 0.5) is 5.69 Å². The van der Waals surface area contributed by atoms with Gasteiger partial charge in [0.1, 0.15) is 5.75 Å². The van der Waals surface area contributed by atoms with Gasteiger partial charge in [-0.15, -0.1) is 0 Å². The van der Waals surface area contributed by atoms with E-state index in [0.717, 1.165) is 31.7 Å². The highest BCUT2D eigenvalue weighted by Gasteiger charge is 2.35. The van der Waals surface area contributed by atoms with Gasteiger partial charge in [-0.25, -0.2) is 0 Å². The van der Waals surface area contributed by atoms with Crippen molar-refractivity contribution in [2.45, 2.75) is 25.8 Å². The average molecular weight is 421 g/mol. The third kappa shape index (κ3) is 4.85. The monoisotopic (exact) mass is 420 g/mol. The van der Waals surface area contributed by atoms with E-state index in [1.54, 1.807) is 11.0 Å². The second-order valence-corrected chi connectivity index (χ2v) is 8.32. The number of carbonyl (C=O) groups excluding carboxylic acids is 2. The van der Waals surface area contributed by atoms with Crippen LogP contribution in [-0.4, -0.2) is 83.5 Å². The van der Waals surface area contributed by atoms with Crippen LogP contribution in [0.3, 0.4) is 0 Å². The maximum atomic E-state index is 12.6. The lowest BCUT2D eigenvalue weighted by molar-refractivity contribution is -0.135. The van der Waals surface area contributed by atoms with Gasteiger partial charge >= 0.3 is 0 Å². The standard InChI is InChI=1S/C21H29ClN4O3/c1-4-20(28)26-12-15(13-26)24-5-7-25(8-6-24)21(29)11-23-18-9-16(14(2)3)17(22)10-19(18)27/h4,9-10,14-15,23,27H,1,5-8,11-13H2,2-3H3. The van der Waals surface area contributed by atoms with E-state index in [4.69, 9.17) is 11.6 Å². The predicted octanol–water partition coefficient (Wildman–Crippen LogP) is 2.12. The number of benzene rings is 1. The minimum absolute atomic E-state index is 0.00201. The van der Waals surface area contributed by atoms with Crippen molar-refractivity contribution in [2.24, 2.45) is 0 Å². The molecule has 2 heterocycles. The fourth-order valence-electron chi connectivity index (χ4n) is 3.78. The van der Waals surface area contributed by atoms with E-state index in [2.05, 4.69) is 16.8 Å². The van der Waals surface area contributed by atoms with Crippen LogP contribution in [0.25, 0.3) is 0 Å². The number of carbonyl (C=O) groups is 2. The predicted molar refractivity (Wildman–Crippen MR) is 114 cm³/mol. The van der Waals surface area contributed by atoms with Gasteiger partial charge in [-0.1, -0.05) is 32.0 Å². The summed E-state index contributed by atoms with van der Waals surface area (Å²) in [7, 11) is 0. The molecule has 0 spiro atoms. The van der Waals surface area contributed by atoms with Crippen molar-refractivity contribution >= 4 is 29.1 Å². The van der Waals surface area contributed by atoms with E-state index in [1.807, 2.05) is 18.7 Å². The number of likely N-dealkylation sites (tertiary alicyclic amines) is 1. The van der Waals surface area contributed by atoms with Crippen LogP contribution in [0.2, 0.25) is 5.02 Å². The average Bonchev–Trinajstić information content (AvgIpc) is 2.66. The van der Waals surface area contributed by atoms with E-state index in [0.29, 0.717) is 29.8 Å². The Bertz CT molecular complexity index is 784. The topological polar surface area (TPSA) is 76.1 Å². The van der Waals surface area contributed by atoms with Crippen LogP contribution in [-0.2, 0) is 9.59 Å². The Morgan fingerprint density at radius 2 is 1.90 bits per heavy atom. The molecular formula is C21H29ClN4O3. The Hall–Kier alpha value is -2.25. The molecule has 2 amide bonds. The number of hydrogen-bond donors (Lipinski definition) is 2. The molecule has 0 radical (unpaired) electrons. The summed E-state index contributed by atoms with van der Waals surface area (Å²) in [5.41, 5.74) is 1.45. The largest absolute Gasteiger partial charge is 0.506 e. The lowest BCUT2D eigenvalue weighted by Gasteiger charge is -2.47. The van der Waals surface area contributed by atoms with Crippen LogP contribution >= 0.6 is 11.6 Å².